The van der Waals surface area contributed by atoms with Gasteiger partial charge in [0.15, 0.2) is 37.7 Å². The summed E-state index contributed by atoms with van der Waals surface area (Å²) >= 11 is 34.0. The van der Waals surface area contributed by atoms with E-state index in [1.54, 1.807) is 34.6 Å². The molecular formula is C55H90Cl6N2O33. The molecule has 96 heavy (non-hydrogen) atoms. The highest BCUT2D eigenvalue weighted by Gasteiger charge is 2.59. The number of carbonyl (C=O) groups excluding carboxylic acids is 2. The molecule has 40 atom stereocenters. The molecule has 0 radical (unpaired) electrons. The standard InChI is InChI=1S/C28H46Cl3NO16.C27H44Cl3NO17/c1-7-8(2)42-11(5)16(36)21(7)46-25-23(20(40)15(35)9(3)43-25)48-26-22(19(39)14(34)10(4)44-26)47-24-13(32-27(41)28(29,30)31)18(38)17(37)12(6-33)45-24;1-6-13(34)19(40)22(24(43-6)46-20-14(35)8(3)42-9(4)15(20)36)48-25-21(18(39)12(33)7(2)44-25)47-23-11(31-26(41)27(28,29)30)17(38)16(37)10(5-32)45-23/h7-26,33-40H,6H2,1-5H3,(H,32,41);6-25,32-40H,5H2,1-4H3,(H,31,41)/t7?,8-,9?,10?,11?,12?,13?,14-,15-,16-,17+,18+,19-,20-,21+,22?,23?,24-,25-,26-;6?,7?,8-,9?,10?,11?,12-,13-,14?,15-,16+,17+,18-,19-,20?,21?,22?,23-,24-,25-/m00/s1. The maximum absolute atomic E-state index is 12.5. The number of halogens is 6. The monoisotopic (exact) mass is 1520 g/mol. The zero-order chi connectivity index (χ0) is 72.0. The van der Waals surface area contributed by atoms with Crippen LogP contribution in [0, 0.1) is 5.92 Å². The number of aliphatic hydroxyl groups excluding tert-OH is 17. The highest BCUT2D eigenvalue weighted by molar-refractivity contribution is 6.76. The van der Waals surface area contributed by atoms with E-state index in [1.165, 1.54) is 27.7 Å². The van der Waals surface area contributed by atoms with E-state index in [1.807, 2.05) is 0 Å². The van der Waals surface area contributed by atoms with Crippen molar-refractivity contribution in [2.24, 2.45) is 5.92 Å². The molecule has 8 rings (SSSR count). The average molecular weight is 1520 g/mol. The van der Waals surface area contributed by atoms with Crippen molar-refractivity contribution < 1.29 is 163 Å². The molecule has 0 bridgehead atoms. The highest BCUT2D eigenvalue weighted by Crippen LogP contribution is 2.40. The SMILES string of the molecule is CC1O[C@@H](C)C(O)C(O[C@@H]2OC(C)[C@H](O)[C@H](O)C2O[C@@H]2OC(C)[C@H](O)[C@H](O)C2O[C@@H]2OC(CO)[C@@H](O)[C@H](O)C2NC(=O)C(Cl)(Cl)Cl)[C@H]1O.CC1[C@H](C)OC(C)[C@H](O)[C@@H]1O[C@@H]1OC(C)[C@H](O)[C@H](O)C1O[C@@H]1OC(C)[C@H](O)[C@H](O)C1O[C@@H]1OC(CO)[C@@H](O)[C@H](O)C1NC(=O)C(Cl)(Cl)Cl. The van der Waals surface area contributed by atoms with Crippen LogP contribution >= 0.6 is 69.6 Å². The van der Waals surface area contributed by atoms with Crippen molar-refractivity contribution in [2.75, 3.05) is 13.2 Å². The summed E-state index contributed by atoms with van der Waals surface area (Å²) < 4.78 is 76.7. The minimum atomic E-state index is -2.54. The fourth-order valence-corrected chi connectivity index (χ4v) is 12.4. The molecule has 8 aliphatic rings. The first-order chi connectivity index (χ1) is 44.5. The molecule has 8 aliphatic heterocycles. The third kappa shape index (κ3) is 18.6. The van der Waals surface area contributed by atoms with Gasteiger partial charge in [0.25, 0.3) is 19.4 Å². The summed E-state index contributed by atoms with van der Waals surface area (Å²) in [6.45, 7) is 12.4. The molecule has 560 valence electrons. The lowest BCUT2D eigenvalue weighted by molar-refractivity contribution is -0.392. The smallest absolute Gasteiger partial charge is 0.272 e. The van der Waals surface area contributed by atoms with Gasteiger partial charge in [-0.3, -0.25) is 9.59 Å². The van der Waals surface area contributed by atoms with Crippen LogP contribution in [0.5, 0.6) is 0 Å². The number of hydrogen-bond acceptors (Lipinski definition) is 33. The van der Waals surface area contributed by atoms with Crippen LogP contribution in [-0.2, 0) is 75.9 Å². The van der Waals surface area contributed by atoms with E-state index in [0.717, 1.165) is 0 Å². The molecule has 0 aromatic carbocycles. The first-order valence-electron chi connectivity index (χ1n) is 30.9. The average Bonchev–Trinajstić information content (AvgIpc) is 0.779. The molecule has 0 spiro atoms. The molecule has 17 unspecified atom stereocenters. The van der Waals surface area contributed by atoms with Gasteiger partial charge in [0.2, 0.25) is 0 Å². The van der Waals surface area contributed by atoms with E-state index < -0.39 is 266 Å². The van der Waals surface area contributed by atoms with Crippen molar-refractivity contribution in [3.05, 3.63) is 0 Å². The molecule has 8 fully saturated rings. The van der Waals surface area contributed by atoms with Crippen LogP contribution in [0.3, 0.4) is 0 Å². The topological polar surface area (TPSA) is 531 Å². The molecular weight excluding hydrogens is 1430 g/mol. The summed E-state index contributed by atoms with van der Waals surface area (Å²) in [5.41, 5.74) is 0. The van der Waals surface area contributed by atoms with Crippen molar-refractivity contribution in [1.29, 1.82) is 0 Å². The zero-order valence-corrected chi connectivity index (χ0v) is 57.4. The number of hydrogen-bond donors (Lipinski definition) is 19. The Morgan fingerprint density at radius 3 is 0.823 bits per heavy atom. The lowest BCUT2D eigenvalue weighted by Crippen LogP contribution is -2.69. The van der Waals surface area contributed by atoms with Crippen LogP contribution in [0.15, 0.2) is 0 Å². The van der Waals surface area contributed by atoms with Gasteiger partial charge >= 0.3 is 0 Å². The summed E-state index contributed by atoms with van der Waals surface area (Å²) in [6, 6.07) is -3.39. The Morgan fingerprint density at radius 1 is 0.302 bits per heavy atom. The second-order valence-electron chi connectivity index (χ2n) is 25.2. The first kappa shape index (κ1) is 82.7. The summed E-state index contributed by atoms with van der Waals surface area (Å²) in [5, 5.41) is 186. The Hall–Kier alpha value is -0.560. The van der Waals surface area contributed by atoms with Gasteiger partial charge in [-0.2, -0.15) is 0 Å². The molecule has 19 N–H and O–H groups in total. The van der Waals surface area contributed by atoms with E-state index in [0.29, 0.717) is 0 Å². The summed E-state index contributed by atoms with van der Waals surface area (Å²) in [5.74, 6) is -2.87. The van der Waals surface area contributed by atoms with Gasteiger partial charge in [-0.05, 0) is 55.4 Å². The summed E-state index contributed by atoms with van der Waals surface area (Å²) in [7, 11) is 0. The molecule has 0 aromatic heterocycles. The number of nitrogens with one attached hydrogen (secondary N) is 2. The largest absolute Gasteiger partial charge is 0.394 e. The molecule has 2 amide bonds. The molecule has 8 saturated heterocycles. The maximum atomic E-state index is 12.5. The Labute approximate surface area is 580 Å². The van der Waals surface area contributed by atoms with Crippen LogP contribution in [0.25, 0.3) is 0 Å². The third-order valence-corrected chi connectivity index (χ3v) is 19.4. The van der Waals surface area contributed by atoms with Gasteiger partial charge in [-0.25, -0.2) is 0 Å². The van der Waals surface area contributed by atoms with Crippen LogP contribution in [0.1, 0.15) is 62.3 Å². The second-order valence-corrected chi connectivity index (χ2v) is 29.8. The number of amides is 2. The van der Waals surface area contributed by atoms with Crippen LogP contribution in [0.2, 0.25) is 0 Å². The Bertz CT molecular complexity index is 2290. The fourth-order valence-electron chi connectivity index (χ4n) is 12.1. The molecule has 0 saturated carbocycles. The second kappa shape index (κ2) is 34.1. The molecule has 8 heterocycles. The van der Waals surface area contributed by atoms with E-state index in [2.05, 4.69) is 10.6 Å². The van der Waals surface area contributed by atoms with Gasteiger partial charge in [0.05, 0.1) is 68.1 Å². The highest BCUT2D eigenvalue weighted by atomic mass is 35.6. The lowest BCUT2D eigenvalue weighted by Gasteiger charge is -2.50. The Morgan fingerprint density at radius 2 is 0.542 bits per heavy atom. The molecule has 35 nitrogen and oxygen atoms in total. The van der Waals surface area contributed by atoms with Gasteiger partial charge in [-0.15, -0.1) is 0 Å². The maximum Gasteiger partial charge on any atom is 0.272 e. The number of aliphatic hydroxyl groups is 17. The van der Waals surface area contributed by atoms with Crippen molar-refractivity contribution in [1.82, 2.24) is 10.6 Å². The first-order valence-corrected chi connectivity index (χ1v) is 33.2. The summed E-state index contributed by atoms with van der Waals surface area (Å²) in [4.78, 5) is 25.1. The van der Waals surface area contributed by atoms with Gasteiger partial charge < -0.3 is 164 Å². The minimum Gasteiger partial charge on any atom is -0.394 e. The quantitative estimate of drug-likeness (QED) is 0.0639. The van der Waals surface area contributed by atoms with Crippen LogP contribution in [-0.4, -0.2) is 358 Å². The lowest BCUT2D eigenvalue weighted by atomic mass is 9.89. The Kier molecular flexibility index (Phi) is 29.4. The van der Waals surface area contributed by atoms with Crippen molar-refractivity contribution in [3.8, 4) is 0 Å². The van der Waals surface area contributed by atoms with Crippen LogP contribution < -0.4 is 10.6 Å². The number of carbonyl (C=O) groups is 2. The van der Waals surface area contributed by atoms with Gasteiger partial charge in [0, 0.05) is 5.92 Å². The Balaban J connectivity index is 0.000000271. The number of alkyl halides is 6. The van der Waals surface area contributed by atoms with E-state index in [4.69, 9.17) is 136 Å². The predicted molar refractivity (Wildman–Crippen MR) is 322 cm³/mol. The van der Waals surface area contributed by atoms with Crippen molar-refractivity contribution in [2.45, 2.75) is 309 Å². The van der Waals surface area contributed by atoms with Gasteiger partial charge in [0.1, 0.15) is 146 Å². The fraction of sp³-hybridized carbons (Fsp3) is 0.964. The number of ether oxygens (including phenoxy) is 14. The van der Waals surface area contributed by atoms with E-state index in [9.17, 15) is 96.4 Å². The van der Waals surface area contributed by atoms with E-state index in [-0.39, 0.29) is 12.0 Å². The van der Waals surface area contributed by atoms with Crippen LogP contribution in [0.4, 0.5) is 0 Å². The van der Waals surface area contributed by atoms with Crippen molar-refractivity contribution in [3.63, 3.8) is 0 Å². The molecule has 0 aliphatic carbocycles. The zero-order valence-electron chi connectivity index (χ0n) is 52.9. The summed E-state index contributed by atoms with van der Waals surface area (Å²) in [6.07, 6.45) is -53.3. The van der Waals surface area contributed by atoms with Gasteiger partial charge in [-0.1, -0.05) is 76.5 Å². The normalized spacial score (nSPS) is 50.6. The number of rotatable bonds is 16. The molecule has 0 aromatic rings. The van der Waals surface area contributed by atoms with Crippen molar-refractivity contribution >= 4 is 81.4 Å². The predicted octanol–water partition coefficient (Wildman–Crippen LogP) is -6.93. The minimum absolute atomic E-state index is 0.330. The third-order valence-electron chi connectivity index (χ3n) is 18.3. The van der Waals surface area contributed by atoms with E-state index >= 15 is 0 Å². The molecule has 41 heteroatoms.